The van der Waals surface area contributed by atoms with Crippen molar-refractivity contribution in [3.63, 3.8) is 0 Å². The first-order valence-electron chi connectivity index (χ1n) is 17.0. The number of hydrogen-bond acceptors (Lipinski definition) is 6. The lowest BCUT2D eigenvalue weighted by molar-refractivity contribution is -0.184. The fraction of sp³-hybridized carbons (Fsp3) is 0.943. The number of ether oxygens (including phenoxy) is 3. The topological polar surface area (TPSA) is 82.1 Å². The van der Waals surface area contributed by atoms with Crippen molar-refractivity contribution in [2.45, 2.75) is 145 Å². The van der Waals surface area contributed by atoms with Gasteiger partial charge in [0.2, 0.25) is 0 Å². The Morgan fingerprint density at radius 2 is 1.61 bits per heavy atom. The normalized spacial score (nSPS) is 40.6. The Labute approximate surface area is 250 Å². The molecule has 12 unspecified atom stereocenters. The average molecular weight is 577 g/mol. The highest BCUT2D eigenvalue weighted by atomic mass is 16.7. The number of hydrogen-bond donors (Lipinski definition) is 1. The molecule has 4 aliphatic carbocycles. The van der Waals surface area contributed by atoms with Gasteiger partial charge >= 0.3 is 11.9 Å². The quantitative estimate of drug-likeness (QED) is 0.202. The molecular formula is C35H60O6. The molecule has 236 valence electrons. The van der Waals surface area contributed by atoms with E-state index < -0.39 is 6.29 Å². The van der Waals surface area contributed by atoms with Crippen LogP contribution in [0.25, 0.3) is 0 Å². The van der Waals surface area contributed by atoms with Crippen molar-refractivity contribution in [3.05, 3.63) is 0 Å². The van der Waals surface area contributed by atoms with Crippen molar-refractivity contribution in [2.75, 3.05) is 6.61 Å². The highest BCUT2D eigenvalue weighted by Crippen LogP contribution is 2.68. The van der Waals surface area contributed by atoms with Crippen molar-refractivity contribution in [2.24, 2.45) is 58.2 Å². The molecule has 0 aromatic heterocycles. The molecule has 0 aromatic carbocycles. The van der Waals surface area contributed by atoms with Crippen molar-refractivity contribution in [3.8, 4) is 0 Å². The molecule has 41 heavy (non-hydrogen) atoms. The van der Waals surface area contributed by atoms with Crippen molar-refractivity contribution in [1.82, 2.24) is 0 Å². The molecule has 6 nitrogen and oxygen atoms in total. The molecule has 0 spiro atoms. The fourth-order valence-electron chi connectivity index (χ4n) is 9.87. The number of rotatable bonds is 11. The van der Waals surface area contributed by atoms with E-state index in [1.807, 2.05) is 13.8 Å². The van der Waals surface area contributed by atoms with E-state index in [0.717, 1.165) is 38.5 Å². The summed E-state index contributed by atoms with van der Waals surface area (Å²) in [5.41, 5.74) is 0.428. The van der Waals surface area contributed by atoms with Crippen LogP contribution in [-0.2, 0) is 23.8 Å². The summed E-state index contributed by atoms with van der Waals surface area (Å²) in [6.45, 7) is 17.9. The Kier molecular flexibility index (Phi) is 10.6. The minimum Gasteiger partial charge on any atom is -0.462 e. The smallest absolute Gasteiger partial charge is 0.308 e. The molecular weight excluding hydrogens is 516 g/mol. The Balaban J connectivity index is 1.36. The zero-order chi connectivity index (χ0) is 30.1. The van der Waals surface area contributed by atoms with E-state index in [-0.39, 0.29) is 40.9 Å². The summed E-state index contributed by atoms with van der Waals surface area (Å²) in [4.78, 5) is 25.0. The minimum atomic E-state index is -0.496. The number of esters is 2. The summed E-state index contributed by atoms with van der Waals surface area (Å²) in [6.07, 6.45) is 9.86. The van der Waals surface area contributed by atoms with Crippen LogP contribution >= 0.6 is 0 Å². The van der Waals surface area contributed by atoms with Gasteiger partial charge in [-0.2, -0.15) is 0 Å². The maximum Gasteiger partial charge on any atom is 0.308 e. The first-order chi connectivity index (χ1) is 19.3. The van der Waals surface area contributed by atoms with Gasteiger partial charge in [-0.25, -0.2) is 0 Å². The van der Waals surface area contributed by atoms with E-state index in [9.17, 15) is 14.7 Å². The molecule has 0 heterocycles. The molecule has 1 N–H and O–H groups in total. The third-order valence-electron chi connectivity index (χ3n) is 12.5. The highest BCUT2D eigenvalue weighted by molar-refractivity contribution is 5.72. The summed E-state index contributed by atoms with van der Waals surface area (Å²) in [7, 11) is 0. The molecule has 4 rings (SSSR count). The van der Waals surface area contributed by atoms with Gasteiger partial charge in [0.05, 0.1) is 18.6 Å². The third-order valence-corrected chi connectivity index (χ3v) is 12.5. The van der Waals surface area contributed by atoms with E-state index in [2.05, 4.69) is 34.6 Å². The molecule has 4 saturated carbocycles. The van der Waals surface area contributed by atoms with E-state index in [0.29, 0.717) is 54.5 Å². The van der Waals surface area contributed by atoms with Crippen LogP contribution in [0.5, 0.6) is 0 Å². The molecule has 0 aliphatic heterocycles. The van der Waals surface area contributed by atoms with Crippen LogP contribution in [0.15, 0.2) is 0 Å². The fourth-order valence-corrected chi connectivity index (χ4v) is 9.87. The molecule has 6 heteroatoms. The van der Waals surface area contributed by atoms with Crippen molar-refractivity contribution >= 4 is 11.9 Å². The van der Waals surface area contributed by atoms with Gasteiger partial charge in [-0.15, -0.1) is 0 Å². The van der Waals surface area contributed by atoms with E-state index >= 15 is 0 Å². The van der Waals surface area contributed by atoms with Gasteiger partial charge in [0.25, 0.3) is 0 Å². The van der Waals surface area contributed by atoms with Crippen LogP contribution in [0, 0.1) is 58.2 Å². The lowest BCUT2D eigenvalue weighted by Crippen LogP contribution is -2.58. The van der Waals surface area contributed by atoms with Gasteiger partial charge in [-0.05, 0) is 123 Å². The van der Waals surface area contributed by atoms with Crippen molar-refractivity contribution < 1.29 is 28.9 Å². The Hall–Kier alpha value is -1.14. The second kappa shape index (κ2) is 13.2. The monoisotopic (exact) mass is 576 g/mol. The lowest BCUT2D eigenvalue weighted by Gasteiger charge is -2.62. The Morgan fingerprint density at radius 3 is 2.29 bits per heavy atom. The Morgan fingerprint density at radius 1 is 0.927 bits per heavy atom. The number of carbonyl (C=O) groups is 2. The maximum atomic E-state index is 12.5. The van der Waals surface area contributed by atoms with E-state index in [1.54, 1.807) is 6.92 Å². The Bertz CT molecular complexity index is 903. The third kappa shape index (κ3) is 6.84. The van der Waals surface area contributed by atoms with Gasteiger partial charge in [0.1, 0.15) is 6.10 Å². The lowest BCUT2D eigenvalue weighted by atomic mass is 9.43. The van der Waals surface area contributed by atoms with Gasteiger partial charge in [0, 0.05) is 6.42 Å². The van der Waals surface area contributed by atoms with E-state index in [1.165, 1.54) is 25.7 Å². The van der Waals surface area contributed by atoms with Crippen LogP contribution in [-0.4, -0.2) is 42.1 Å². The van der Waals surface area contributed by atoms with Gasteiger partial charge in [-0.1, -0.05) is 48.5 Å². The van der Waals surface area contributed by atoms with E-state index in [4.69, 9.17) is 14.2 Å². The minimum absolute atomic E-state index is 0.000313. The first kappa shape index (κ1) is 32.8. The molecule has 12 atom stereocenters. The highest BCUT2D eigenvalue weighted by Gasteiger charge is 2.63. The second-order valence-corrected chi connectivity index (χ2v) is 15.5. The van der Waals surface area contributed by atoms with Gasteiger partial charge in [-0.3, -0.25) is 9.59 Å². The standard InChI is InChI=1S/C35H60O6/c1-9-22(4)33(38)41-26-14-16-34(7)25(18-26)19-30(36)32-28-12-11-27(35(28,8)17-15-29(32)34)23(5)10-13-31(37)40-24(6)39-20-21(2)3/h21-30,32,36H,9-20H2,1-8H3. The summed E-state index contributed by atoms with van der Waals surface area (Å²) >= 11 is 0. The average Bonchev–Trinajstić information content (AvgIpc) is 3.28. The summed E-state index contributed by atoms with van der Waals surface area (Å²) < 4.78 is 17.1. The number of aliphatic hydroxyl groups excluding tert-OH is 1. The summed E-state index contributed by atoms with van der Waals surface area (Å²) in [5, 5.41) is 11.7. The molecule has 0 bridgehead atoms. The van der Waals surface area contributed by atoms with Gasteiger partial charge < -0.3 is 19.3 Å². The van der Waals surface area contributed by atoms with Crippen LogP contribution < -0.4 is 0 Å². The molecule has 0 amide bonds. The predicted molar refractivity (Wildman–Crippen MR) is 161 cm³/mol. The zero-order valence-corrected chi connectivity index (χ0v) is 27.3. The SMILES string of the molecule is CCC(C)C(=O)OC1CCC2(C)C(C1)CC(O)C1C2CCC2(C)C(C(C)CCC(=O)OC(C)OCC(C)C)CCC12. The molecule has 4 fully saturated rings. The van der Waals surface area contributed by atoms with Gasteiger partial charge in [0.15, 0.2) is 6.29 Å². The second-order valence-electron chi connectivity index (χ2n) is 15.5. The molecule has 0 radical (unpaired) electrons. The molecule has 4 aliphatic rings. The summed E-state index contributed by atoms with van der Waals surface area (Å²) in [5.74, 6) is 3.02. The zero-order valence-electron chi connectivity index (χ0n) is 27.3. The molecule has 0 aromatic rings. The maximum absolute atomic E-state index is 12.5. The van der Waals surface area contributed by atoms with Crippen LogP contribution in [0.1, 0.15) is 126 Å². The van der Waals surface area contributed by atoms with Crippen LogP contribution in [0.4, 0.5) is 0 Å². The first-order valence-corrected chi connectivity index (χ1v) is 17.0. The molecule has 0 saturated heterocycles. The number of fused-ring (bicyclic) bond motifs is 5. The number of aliphatic hydroxyl groups is 1. The van der Waals surface area contributed by atoms with Crippen LogP contribution in [0.2, 0.25) is 0 Å². The largest absolute Gasteiger partial charge is 0.462 e. The van der Waals surface area contributed by atoms with Crippen molar-refractivity contribution in [1.29, 1.82) is 0 Å². The number of carbonyl (C=O) groups excluding carboxylic acids is 2. The predicted octanol–water partition coefficient (Wildman–Crippen LogP) is 7.55. The van der Waals surface area contributed by atoms with Crippen LogP contribution in [0.3, 0.4) is 0 Å². The summed E-state index contributed by atoms with van der Waals surface area (Å²) in [6, 6.07) is 0.